The second-order valence-corrected chi connectivity index (χ2v) is 5.66. The Kier molecular flexibility index (Phi) is 3.28. The molecule has 0 amide bonds. The number of hydrogen-bond donors (Lipinski definition) is 1. The van der Waals surface area contributed by atoms with Crippen LogP contribution in [0.15, 0.2) is 17.5 Å². The third-order valence-electron chi connectivity index (χ3n) is 3.38. The highest BCUT2D eigenvalue weighted by atomic mass is 32.1. The lowest BCUT2D eigenvalue weighted by Crippen LogP contribution is -2.13. The van der Waals surface area contributed by atoms with Crippen molar-refractivity contribution in [2.24, 2.45) is 0 Å². The zero-order chi connectivity index (χ0) is 12.4. The summed E-state index contributed by atoms with van der Waals surface area (Å²) in [4.78, 5) is 10.7. The van der Waals surface area contributed by atoms with Gasteiger partial charge in [0, 0.05) is 29.6 Å². The van der Waals surface area contributed by atoms with Gasteiger partial charge in [-0.2, -0.15) is 0 Å². The molecule has 0 aliphatic heterocycles. The molecule has 0 bridgehead atoms. The van der Waals surface area contributed by atoms with E-state index in [-0.39, 0.29) is 0 Å². The van der Waals surface area contributed by atoms with Crippen LogP contribution in [0.2, 0.25) is 0 Å². The molecule has 1 aliphatic carbocycles. The Morgan fingerprint density at radius 3 is 2.94 bits per heavy atom. The minimum Gasteiger partial charge on any atom is -0.373 e. The Labute approximate surface area is 111 Å². The average molecular weight is 259 g/mol. The molecule has 0 saturated heterocycles. The van der Waals surface area contributed by atoms with Gasteiger partial charge in [0.25, 0.3) is 0 Å². The first-order valence-electron chi connectivity index (χ1n) is 6.45. The highest BCUT2D eigenvalue weighted by Crippen LogP contribution is 2.26. The van der Waals surface area contributed by atoms with Gasteiger partial charge >= 0.3 is 0 Å². The molecule has 2 aromatic heterocycles. The number of aromatic nitrogens is 2. The molecule has 18 heavy (non-hydrogen) atoms. The van der Waals surface area contributed by atoms with Gasteiger partial charge in [-0.05, 0) is 37.1 Å². The maximum Gasteiger partial charge on any atom is 0.136 e. The molecule has 3 rings (SSSR count). The van der Waals surface area contributed by atoms with Crippen molar-refractivity contribution in [1.82, 2.24) is 9.97 Å². The minimum absolute atomic E-state index is 0.847. The van der Waals surface area contributed by atoms with Gasteiger partial charge in [-0.15, -0.1) is 11.3 Å². The van der Waals surface area contributed by atoms with Gasteiger partial charge in [0.15, 0.2) is 0 Å². The lowest BCUT2D eigenvalue weighted by Gasteiger charge is -2.18. The highest BCUT2D eigenvalue weighted by molar-refractivity contribution is 7.09. The molecule has 0 spiro atoms. The van der Waals surface area contributed by atoms with E-state index in [9.17, 15) is 0 Å². The van der Waals surface area contributed by atoms with E-state index < -0.39 is 0 Å². The maximum absolute atomic E-state index is 4.75. The summed E-state index contributed by atoms with van der Waals surface area (Å²) in [5.74, 6) is 1.98. The van der Waals surface area contributed by atoms with Crippen molar-refractivity contribution in [2.75, 3.05) is 12.4 Å². The lowest BCUT2D eigenvalue weighted by molar-refractivity contribution is 0.658. The number of rotatable bonds is 3. The fourth-order valence-corrected chi connectivity index (χ4v) is 3.20. The molecule has 1 N–H and O–H groups in total. The average Bonchev–Trinajstić information content (AvgIpc) is 2.90. The van der Waals surface area contributed by atoms with Crippen LogP contribution in [0.4, 0.5) is 5.82 Å². The molecule has 0 saturated carbocycles. The Hall–Kier alpha value is -1.42. The number of hydrogen-bond acceptors (Lipinski definition) is 4. The zero-order valence-corrected chi connectivity index (χ0v) is 11.4. The van der Waals surface area contributed by atoms with Crippen molar-refractivity contribution < 1.29 is 0 Å². The van der Waals surface area contributed by atoms with Gasteiger partial charge in [-0.25, -0.2) is 9.97 Å². The van der Waals surface area contributed by atoms with Crippen molar-refractivity contribution in [3.63, 3.8) is 0 Å². The number of fused-ring (bicyclic) bond motifs is 1. The van der Waals surface area contributed by atoms with Crippen LogP contribution in [-0.2, 0) is 19.3 Å². The van der Waals surface area contributed by atoms with E-state index in [4.69, 9.17) is 4.98 Å². The van der Waals surface area contributed by atoms with Crippen LogP contribution in [0, 0.1) is 0 Å². The summed E-state index contributed by atoms with van der Waals surface area (Å²) < 4.78 is 0. The van der Waals surface area contributed by atoms with Crippen LogP contribution in [-0.4, -0.2) is 17.0 Å². The second-order valence-electron chi connectivity index (χ2n) is 4.63. The molecule has 2 aromatic rings. The van der Waals surface area contributed by atoms with Gasteiger partial charge in [-0.1, -0.05) is 6.07 Å². The molecule has 0 fully saturated rings. The van der Waals surface area contributed by atoms with Crippen LogP contribution in [0.25, 0.3) is 0 Å². The summed E-state index contributed by atoms with van der Waals surface area (Å²) in [5.41, 5.74) is 2.59. The van der Waals surface area contributed by atoms with Gasteiger partial charge in [-0.3, -0.25) is 0 Å². The van der Waals surface area contributed by atoms with Crippen molar-refractivity contribution in [3.8, 4) is 0 Å². The van der Waals surface area contributed by atoms with E-state index in [2.05, 4.69) is 27.8 Å². The first-order chi connectivity index (χ1) is 8.86. The fraction of sp³-hybridized carbons (Fsp3) is 0.429. The van der Waals surface area contributed by atoms with Gasteiger partial charge < -0.3 is 5.32 Å². The first-order valence-corrected chi connectivity index (χ1v) is 7.33. The first kappa shape index (κ1) is 11.7. The molecule has 0 radical (unpaired) electrons. The number of thiophene rings is 1. The van der Waals surface area contributed by atoms with Gasteiger partial charge in [0.05, 0.1) is 0 Å². The van der Waals surface area contributed by atoms with Crippen molar-refractivity contribution >= 4 is 17.2 Å². The third kappa shape index (κ3) is 2.25. The van der Waals surface area contributed by atoms with E-state index in [0.717, 1.165) is 30.9 Å². The van der Waals surface area contributed by atoms with Crippen LogP contribution in [0.3, 0.4) is 0 Å². The topological polar surface area (TPSA) is 37.8 Å². The molecule has 3 nitrogen and oxygen atoms in total. The Bertz CT molecular complexity index is 517. The summed E-state index contributed by atoms with van der Waals surface area (Å²) in [7, 11) is 1.95. The highest BCUT2D eigenvalue weighted by Gasteiger charge is 2.17. The fourth-order valence-electron chi connectivity index (χ4n) is 2.50. The molecular formula is C14H17N3S. The largest absolute Gasteiger partial charge is 0.373 e. The predicted molar refractivity (Wildman–Crippen MR) is 75.3 cm³/mol. The number of nitrogens with zero attached hydrogens (tertiary/aromatic N) is 2. The van der Waals surface area contributed by atoms with Crippen molar-refractivity contribution in [1.29, 1.82) is 0 Å². The number of anilines is 1. The van der Waals surface area contributed by atoms with Crippen molar-refractivity contribution in [2.45, 2.75) is 32.1 Å². The summed E-state index contributed by atoms with van der Waals surface area (Å²) in [5, 5.41) is 5.33. The molecular weight excluding hydrogens is 242 g/mol. The van der Waals surface area contributed by atoms with E-state index in [1.807, 2.05) is 7.05 Å². The molecule has 0 atom stereocenters. The summed E-state index contributed by atoms with van der Waals surface area (Å²) in [6.07, 6.45) is 5.58. The van der Waals surface area contributed by atoms with E-state index >= 15 is 0 Å². The third-order valence-corrected chi connectivity index (χ3v) is 4.26. The monoisotopic (exact) mass is 259 g/mol. The van der Waals surface area contributed by atoms with Crippen LogP contribution >= 0.6 is 11.3 Å². The van der Waals surface area contributed by atoms with Crippen molar-refractivity contribution in [3.05, 3.63) is 39.5 Å². The summed E-state index contributed by atoms with van der Waals surface area (Å²) in [6, 6.07) is 4.23. The number of nitrogens with one attached hydrogen (secondary N) is 1. The van der Waals surface area contributed by atoms with Crippen LogP contribution in [0.1, 0.15) is 34.8 Å². The lowest BCUT2D eigenvalue weighted by atomic mass is 9.96. The minimum atomic E-state index is 0.847. The predicted octanol–water partition coefficient (Wildman–Crippen LogP) is 3.05. The standard InChI is InChI=1S/C14H17N3S/c1-15-14-11-6-2-3-7-12(11)16-13(17-14)9-10-5-4-8-18-10/h4-5,8H,2-3,6-7,9H2,1H3,(H,15,16,17). The second kappa shape index (κ2) is 5.06. The zero-order valence-electron chi connectivity index (χ0n) is 10.6. The van der Waals surface area contributed by atoms with Crippen LogP contribution in [0.5, 0.6) is 0 Å². The molecule has 94 valence electrons. The Morgan fingerprint density at radius 2 is 2.17 bits per heavy atom. The molecule has 0 unspecified atom stereocenters. The van der Waals surface area contributed by atoms with E-state index in [0.29, 0.717) is 0 Å². The Balaban J connectivity index is 1.95. The van der Waals surface area contributed by atoms with E-state index in [1.165, 1.54) is 29.0 Å². The van der Waals surface area contributed by atoms with Crippen LogP contribution < -0.4 is 5.32 Å². The normalized spacial score (nSPS) is 14.3. The van der Waals surface area contributed by atoms with E-state index in [1.54, 1.807) is 11.3 Å². The molecule has 1 aliphatic rings. The SMILES string of the molecule is CNc1nc(Cc2cccs2)nc2c1CCCC2. The molecule has 2 heterocycles. The summed E-state index contributed by atoms with van der Waals surface area (Å²) >= 11 is 1.77. The van der Waals surface area contributed by atoms with Gasteiger partial charge in [0.1, 0.15) is 11.6 Å². The quantitative estimate of drug-likeness (QED) is 0.920. The Morgan fingerprint density at radius 1 is 1.28 bits per heavy atom. The molecule has 0 aromatic carbocycles. The smallest absolute Gasteiger partial charge is 0.136 e. The van der Waals surface area contributed by atoms with Gasteiger partial charge in [0.2, 0.25) is 0 Å². The number of aryl methyl sites for hydroxylation is 1. The maximum atomic E-state index is 4.75. The summed E-state index contributed by atoms with van der Waals surface area (Å²) in [6.45, 7) is 0. The molecule has 4 heteroatoms.